The number of fused-ring (bicyclic) bond motifs is 1. The van der Waals surface area contributed by atoms with Crippen LogP contribution in [0.5, 0.6) is 11.5 Å². The summed E-state index contributed by atoms with van der Waals surface area (Å²) in [5.41, 5.74) is 3.22. The summed E-state index contributed by atoms with van der Waals surface area (Å²) in [6.07, 6.45) is 0.867. The average molecular weight is 371 g/mol. The molecule has 0 unspecified atom stereocenters. The molecule has 0 aliphatic heterocycles. The van der Waals surface area contributed by atoms with Gasteiger partial charge in [0, 0.05) is 12.1 Å². The molecule has 0 fully saturated rings. The number of anilines is 1. The van der Waals surface area contributed by atoms with Gasteiger partial charge < -0.3 is 19.9 Å². The molecule has 0 spiro atoms. The van der Waals surface area contributed by atoms with Crippen LogP contribution in [0, 0.1) is 6.92 Å². The van der Waals surface area contributed by atoms with Crippen molar-refractivity contribution in [3.8, 4) is 11.5 Å². The predicted octanol–water partition coefficient (Wildman–Crippen LogP) is 2.42. The van der Waals surface area contributed by atoms with E-state index in [1.165, 1.54) is 0 Å². The highest BCUT2D eigenvalue weighted by Crippen LogP contribution is 2.27. The molecule has 0 saturated heterocycles. The minimum atomic E-state index is -0.700. The smallest absolute Gasteiger partial charge is 0.200 e. The molecule has 0 aliphatic rings. The van der Waals surface area contributed by atoms with Gasteiger partial charge in [0.2, 0.25) is 5.65 Å². The van der Waals surface area contributed by atoms with E-state index in [1.807, 2.05) is 31.2 Å². The topological polar surface area (TPSA) is 93.8 Å². The van der Waals surface area contributed by atoms with Crippen molar-refractivity contribution in [2.24, 2.45) is 0 Å². The zero-order valence-corrected chi connectivity index (χ0v) is 16.0. The molecule has 8 nitrogen and oxygen atoms in total. The molecular weight excluding hydrogens is 346 g/mol. The second-order valence-electron chi connectivity index (χ2n) is 6.67. The molecule has 3 aromatic rings. The summed E-state index contributed by atoms with van der Waals surface area (Å²) in [4.78, 5) is 0. The van der Waals surface area contributed by atoms with Crippen LogP contribution >= 0.6 is 0 Å². The van der Waals surface area contributed by atoms with Gasteiger partial charge in [-0.15, -0.1) is 10.2 Å². The molecule has 1 atom stereocenters. The number of rotatable bonds is 8. The zero-order chi connectivity index (χ0) is 19.4. The Labute approximate surface area is 158 Å². The van der Waals surface area contributed by atoms with Crippen LogP contribution < -0.4 is 14.8 Å². The number of aliphatic hydroxyl groups is 1. The molecular formula is C19H25N5O3. The maximum absolute atomic E-state index is 10.3. The van der Waals surface area contributed by atoms with Crippen molar-refractivity contribution in [2.75, 3.05) is 25.6 Å². The largest absolute Gasteiger partial charge is 0.496 e. The quantitative estimate of drug-likeness (QED) is 0.628. The lowest BCUT2D eigenvalue weighted by Gasteiger charge is -2.17. The molecule has 3 rings (SSSR count). The molecule has 8 heteroatoms. The fourth-order valence-corrected chi connectivity index (χ4v) is 2.70. The third kappa shape index (κ3) is 4.28. The first-order valence-corrected chi connectivity index (χ1v) is 8.89. The molecule has 2 heterocycles. The number of methoxy groups -OCH3 is 1. The Morgan fingerprint density at radius 2 is 2.04 bits per heavy atom. The van der Waals surface area contributed by atoms with Crippen molar-refractivity contribution < 1.29 is 14.6 Å². The van der Waals surface area contributed by atoms with Crippen LogP contribution in [0.25, 0.3) is 5.65 Å². The van der Waals surface area contributed by atoms with Gasteiger partial charge in [-0.2, -0.15) is 9.61 Å². The summed E-state index contributed by atoms with van der Waals surface area (Å²) in [6.45, 7) is 6.54. The maximum Gasteiger partial charge on any atom is 0.200 e. The summed E-state index contributed by atoms with van der Waals surface area (Å²) in [7, 11) is 1.62. The Kier molecular flexibility index (Phi) is 5.75. The van der Waals surface area contributed by atoms with Gasteiger partial charge in [-0.1, -0.05) is 19.9 Å². The van der Waals surface area contributed by atoms with Crippen LogP contribution in [-0.4, -0.2) is 51.3 Å². The highest BCUT2D eigenvalue weighted by molar-refractivity contribution is 5.66. The van der Waals surface area contributed by atoms with Crippen molar-refractivity contribution in [1.82, 2.24) is 19.8 Å². The Morgan fingerprint density at radius 3 is 2.78 bits per heavy atom. The molecule has 0 aliphatic carbocycles. The Morgan fingerprint density at radius 1 is 1.26 bits per heavy atom. The molecule has 2 aromatic heterocycles. The highest BCUT2D eigenvalue weighted by atomic mass is 16.5. The molecule has 1 aromatic carbocycles. The van der Waals surface area contributed by atoms with Crippen molar-refractivity contribution in [3.63, 3.8) is 0 Å². The molecule has 0 amide bonds. The first-order valence-electron chi connectivity index (χ1n) is 8.89. The summed E-state index contributed by atoms with van der Waals surface area (Å²) in [5.74, 6) is 1.72. The van der Waals surface area contributed by atoms with E-state index in [0.29, 0.717) is 17.9 Å². The lowest BCUT2D eigenvalue weighted by atomic mass is 10.1. The van der Waals surface area contributed by atoms with Gasteiger partial charge in [0.25, 0.3) is 0 Å². The van der Waals surface area contributed by atoms with Gasteiger partial charge in [-0.25, -0.2) is 0 Å². The maximum atomic E-state index is 10.3. The van der Waals surface area contributed by atoms with E-state index in [4.69, 9.17) is 9.47 Å². The van der Waals surface area contributed by atoms with E-state index in [1.54, 1.807) is 18.0 Å². The van der Waals surface area contributed by atoms with E-state index in [2.05, 4.69) is 34.5 Å². The van der Waals surface area contributed by atoms with Crippen LogP contribution in [0.4, 0.5) is 5.69 Å². The summed E-state index contributed by atoms with van der Waals surface area (Å²) in [6, 6.07) is 7.53. The monoisotopic (exact) mass is 371 g/mol. The number of nitrogens with one attached hydrogen (secondary N) is 1. The summed E-state index contributed by atoms with van der Waals surface area (Å²) >= 11 is 0. The molecule has 144 valence electrons. The van der Waals surface area contributed by atoms with Crippen LogP contribution in [0.15, 0.2) is 30.6 Å². The van der Waals surface area contributed by atoms with Crippen LogP contribution in [0.2, 0.25) is 0 Å². The fourth-order valence-electron chi connectivity index (χ4n) is 2.70. The molecule has 27 heavy (non-hydrogen) atoms. The van der Waals surface area contributed by atoms with Gasteiger partial charge in [-0.05, 0) is 31.0 Å². The van der Waals surface area contributed by atoms with Crippen molar-refractivity contribution in [1.29, 1.82) is 0 Å². The second-order valence-corrected chi connectivity index (χ2v) is 6.67. The molecule has 0 radical (unpaired) electrons. The van der Waals surface area contributed by atoms with E-state index in [9.17, 15) is 5.11 Å². The fraction of sp³-hybridized carbons (Fsp3) is 0.421. The Bertz CT molecular complexity index is 909. The lowest BCUT2D eigenvalue weighted by Crippen LogP contribution is -2.26. The third-order valence-electron chi connectivity index (χ3n) is 4.29. The number of benzene rings is 1. The van der Waals surface area contributed by atoms with Crippen LogP contribution in [-0.2, 0) is 0 Å². The van der Waals surface area contributed by atoms with E-state index in [0.717, 1.165) is 22.7 Å². The number of aliphatic hydroxyl groups excluding tert-OH is 1. The van der Waals surface area contributed by atoms with Gasteiger partial charge in [0.1, 0.15) is 30.5 Å². The first kappa shape index (κ1) is 18.9. The first-order chi connectivity index (χ1) is 13.0. The average Bonchev–Trinajstić information content (AvgIpc) is 3.14. The molecule has 0 saturated carbocycles. The normalized spacial score (nSPS) is 12.4. The van der Waals surface area contributed by atoms with Crippen molar-refractivity contribution in [3.05, 3.63) is 41.9 Å². The second kappa shape index (κ2) is 8.22. The summed E-state index contributed by atoms with van der Waals surface area (Å²) < 4.78 is 12.7. The number of aromatic nitrogens is 4. The zero-order valence-electron chi connectivity index (χ0n) is 16.0. The van der Waals surface area contributed by atoms with E-state index >= 15 is 0 Å². The number of ether oxygens (including phenoxy) is 2. The SMILES string of the molecule is COc1cccc(OC[C@H](O)CNc2cc(C(C)C)nn3cnnc23)c1C. The number of hydrogen-bond donors (Lipinski definition) is 2. The number of hydrogen-bond acceptors (Lipinski definition) is 7. The minimum Gasteiger partial charge on any atom is -0.496 e. The molecule has 2 N–H and O–H groups in total. The van der Waals surface area contributed by atoms with Crippen LogP contribution in [0.3, 0.4) is 0 Å². The van der Waals surface area contributed by atoms with E-state index in [-0.39, 0.29) is 12.5 Å². The predicted molar refractivity (Wildman–Crippen MR) is 103 cm³/mol. The highest BCUT2D eigenvalue weighted by Gasteiger charge is 2.13. The lowest BCUT2D eigenvalue weighted by molar-refractivity contribution is 0.117. The van der Waals surface area contributed by atoms with Crippen molar-refractivity contribution >= 4 is 11.3 Å². The van der Waals surface area contributed by atoms with Gasteiger partial charge >= 0.3 is 0 Å². The summed E-state index contributed by atoms with van der Waals surface area (Å²) in [5, 5.41) is 26.0. The van der Waals surface area contributed by atoms with Gasteiger partial charge in [0.15, 0.2) is 0 Å². The van der Waals surface area contributed by atoms with Crippen LogP contribution in [0.1, 0.15) is 31.0 Å². The van der Waals surface area contributed by atoms with E-state index < -0.39 is 6.10 Å². The minimum absolute atomic E-state index is 0.159. The van der Waals surface area contributed by atoms with Gasteiger partial charge in [0.05, 0.1) is 18.5 Å². The Balaban J connectivity index is 1.63. The number of nitrogens with zero attached hydrogens (tertiary/aromatic N) is 4. The van der Waals surface area contributed by atoms with Gasteiger partial charge in [-0.3, -0.25) is 0 Å². The molecule has 0 bridgehead atoms. The van der Waals surface area contributed by atoms with Crippen molar-refractivity contribution in [2.45, 2.75) is 32.8 Å². The Hall–Kier alpha value is -2.87. The third-order valence-corrected chi connectivity index (χ3v) is 4.29. The standard InChI is InChI=1S/C19H25N5O3/c1-12(2)15-8-16(19-22-21-11-24(19)23-15)20-9-14(25)10-27-18-7-5-6-17(26-4)13(18)3/h5-8,11-12,14,20,25H,9-10H2,1-4H3/t14-/m1/s1.